The van der Waals surface area contributed by atoms with E-state index in [0.29, 0.717) is 12.7 Å². The number of hydrogen-bond acceptors (Lipinski definition) is 4. The van der Waals surface area contributed by atoms with Gasteiger partial charge in [-0.05, 0) is 0 Å². The Hall–Kier alpha value is -2.20. The molecule has 0 saturated carbocycles. The van der Waals surface area contributed by atoms with Crippen molar-refractivity contribution in [2.75, 3.05) is 5.43 Å². The van der Waals surface area contributed by atoms with Crippen molar-refractivity contribution in [3.05, 3.63) is 12.7 Å². The summed E-state index contributed by atoms with van der Waals surface area (Å²) in [5.41, 5.74) is 0.855. The summed E-state index contributed by atoms with van der Waals surface area (Å²) in [5, 5.41) is 5.80. The maximum absolute atomic E-state index is 13.7. The lowest BCUT2D eigenvalue weighted by Gasteiger charge is -2.33. The summed E-state index contributed by atoms with van der Waals surface area (Å²) >= 11 is 0. The molecule has 0 radical (unpaired) electrons. The van der Waals surface area contributed by atoms with E-state index in [1.54, 1.807) is 0 Å². The van der Waals surface area contributed by atoms with Crippen LogP contribution in [0.3, 0.4) is 0 Å². The van der Waals surface area contributed by atoms with Crippen molar-refractivity contribution in [1.29, 1.82) is 0 Å². The number of carbonyl (C=O) groups is 1. The molecule has 17 heteroatoms. The lowest BCUT2D eigenvalue weighted by molar-refractivity contribution is -0.472. The number of alkyl halides is 11. The highest BCUT2D eigenvalue weighted by atomic mass is 19.4. The van der Waals surface area contributed by atoms with E-state index >= 15 is 0 Å². The summed E-state index contributed by atoms with van der Waals surface area (Å²) in [4.78, 5) is 11.2. The number of ether oxygens (including phenoxy) is 1. The number of nitrogens with one attached hydrogen (secondary N) is 1. The fourth-order valence-corrected chi connectivity index (χ4v) is 1.09. The van der Waals surface area contributed by atoms with Crippen LogP contribution in [0.25, 0.3) is 0 Å². The lowest BCUT2D eigenvalue weighted by atomic mass is 10.2. The molecule has 0 saturated heterocycles. The first-order chi connectivity index (χ1) is 11.0. The van der Waals surface area contributed by atoms with Gasteiger partial charge >= 0.3 is 36.1 Å². The Morgan fingerprint density at radius 3 is 1.64 bits per heavy atom. The molecule has 1 amide bonds. The molecule has 25 heavy (non-hydrogen) atoms. The SMILES string of the molecule is O=C(Nn1cnnc1)[C@@](F)(OC(F)(F)C(F)(F)C(F)(F)F)C(F)(F)F. The average Bonchev–Trinajstić information content (AvgIpc) is 2.87. The number of amides is 1. The fourth-order valence-electron chi connectivity index (χ4n) is 1.09. The van der Waals surface area contributed by atoms with Crippen molar-refractivity contribution in [2.24, 2.45) is 0 Å². The first-order valence-corrected chi connectivity index (χ1v) is 5.40. The van der Waals surface area contributed by atoms with E-state index in [1.165, 1.54) is 0 Å². The normalized spacial score (nSPS) is 16.4. The zero-order valence-corrected chi connectivity index (χ0v) is 11.0. The molecule has 0 fully saturated rings. The second kappa shape index (κ2) is 5.95. The Morgan fingerprint density at radius 2 is 1.28 bits per heavy atom. The Morgan fingerprint density at radius 1 is 0.840 bits per heavy atom. The van der Waals surface area contributed by atoms with Crippen LogP contribution < -0.4 is 5.43 Å². The van der Waals surface area contributed by atoms with Crippen LogP contribution in [0.2, 0.25) is 0 Å². The largest absolute Gasteiger partial charge is 0.462 e. The van der Waals surface area contributed by atoms with E-state index in [1.807, 2.05) is 4.74 Å². The molecule has 0 aliphatic heterocycles. The highest BCUT2D eigenvalue weighted by Gasteiger charge is 2.79. The summed E-state index contributed by atoms with van der Waals surface area (Å²) in [5.74, 6) is -16.7. The molecule has 0 aliphatic rings. The summed E-state index contributed by atoms with van der Waals surface area (Å²) in [7, 11) is 0. The molecular formula is C8H3F11N4O2. The number of halogens is 11. The van der Waals surface area contributed by atoms with Gasteiger partial charge in [-0.15, -0.1) is 10.2 Å². The van der Waals surface area contributed by atoms with Gasteiger partial charge in [-0.3, -0.25) is 15.0 Å². The first-order valence-electron chi connectivity index (χ1n) is 5.40. The predicted octanol–water partition coefficient (Wildman–Crippen LogP) is 2.38. The van der Waals surface area contributed by atoms with E-state index in [2.05, 4.69) is 10.2 Å². The van der Waals surface area contributed by atoms with Gasteiger partial charge in [0, 0.05) is 0 Å². The second-order valence-corrected chi connectivity index (χ2v) is 4.09. The van der Waals surface area contributed by atoms with Crippen LogP contribution >= 0.6 is 0 Å². The van der Waals surface area contributed by atoms with Gasteiger partial charge < -0.3 is 0 Å². The Balaban J connectivity index is 3.25. The molecule has 6 nitrogen and oxygen atoms in total. The quantitative estimate of drug-likeness (QED) is 0.777. The molecule has 0 spiro atoms. The van der Waals surface area contributed by atoms with Crippen LogP contribution in [0.15, 0.2) is 12.7 Å². The molecule has 0 aliphatic carbocycles. The predicted molar refractivity (Wildman–Crippen MR) is 51.3 cm³/mol. The topological polar surface area (TPSA) is 69.0 Å². The number of nitrogens with zero attached hydrogens (tertiary/aromatic N) is 3. The van der Waals surface area contributed by atoms with Gasteiger partial charge in [0.1, 0.15) is 12.7 Å². The Kier molecular flexibility index (Phi) is 4.96. The zero-order chi connectivity index (χ0) is 19.9. The molecule has 0 bridgehead atoms. The van der Waals surface area contributed by atoms with Gasteiger partial charge in [-0.2, -0.15) is 48.3 Å². The summed E-state index contributed by atoms with van der Waals surface area (Å²) in [6, 6.07) is 0. The van der Waals surface area contributed by atoms with Crippen LogP contribution in [0, 0.1) is 0 Å². The van der Waals surface area contributed by atoms with E-state index in [9.17, 15) is 53.1 Å². The van der Waals surface area contributed by atoms with Crippen molar-refractivity contribution in [1.82, 2.24) is 14.9 Å². The lowest BCUT2D eigenvalue weighted by Crippen LogP contribution is -2.63. The molecule has 1 atom stereocenters. The van der Waals surface area contributed by atoms with Gasteiger partial charge in [0.05, 0.1) is 0 Å². The number of aromatic nitrogens is 3. The Bertz CT molecular complexity index is 611. The number of hydrogen-bond donors (Lipinski definition) is 1. The molecule has 1 N–H and O–H groups in total. The highest BCUT2D eigenvalue weighted by Crippen LogP contribution is 2.51. The van der Waals surface area contributed by atoms with E-state index in [-0.39, 0.29) is 4.68 Å². The van der Waals surface area contributed by atoms with Gasteiger partial charge in [0.25, 0.3) is 0 Å². The number of rotatable bonds is 5. The van der Waals surface area contributed by atoms with E-state index in [4.69, 9.17) is 0 Å². The van der Waals surface area contributed by atoms with Crippen molar-refractivity contribution in [2.45, 2.75) is 30.2 Å². The van der Waals surface area contributed by atoms with Crippen LogP contribution in [-0.2, 0) is 9.53 Å². The van der Waals surface area contributed by atoms with Crippen LogP contribution in [-0.4, -0.2) is 51.0 Å². The molecule has 144 valence electrons. The molecule has 0 unspecified atom stereocenters. The molecule has 0 aromatic carbocycles. The van der Waals surface area contributed by atoms with Gasteiger partial charge in [0.15, 0.2) is 0 Å². The second-order valence-electron chi connectivity index (χ2n) is 4.09. The standard InChI is InChI=1S/C8H3F11N4O2/c9-4(6(12,13)14,3(24)22-23-1-20-21-2-23)25-8(18,19)5(10,11)7(15,16)17/h1-2H,(H,22,24)/t4-/m1/s1. The molecule has 1 heterocycles. The average molecular weight is 396 g/mol. The smallest absolute Gasteiger partial charge is 0.266 e. The van der Waals surface area contributed by atoms with E-state index < -0.39 is 36.1 Å². The maximum atomic E-state index is 13.7. The third kappa shape index (κ3) is 3.74. The van der Waals surface area contributed by atoms with Gasteiger partial charge in [-0.1, -0.05) is 0 Å². The minimum absolute atomic E-state index is 0.0474. The maximum Gasteiger partial charge on any atom is 0.462 e. The fraction of sp³-hybridized carbons (Fsp3) is 0.625. The number of carbonyl (C=O) groups excluding carboxylic acids is 1. The summed E-state index contributed by atoms with van der Waals surface area (Å²) in [6.07, 6.45) is -20.2. The van der Waals surface area contributed by atoms with Crippen molar-refractivity contribution in [3.8, 4) is 0 Å². The third-order valence-corrected chi connectivity index (χ3v) is 2.30. The minimum atomic E-state index is -7.25. The van der Waals surface area contributed by atoms with Crippen LogP contribution in [0.1, 0.15) is 0 Å². The molecule has 1 rings (SSSR count). The van der Waals surface area contributed by atoms with Gasteiger partial charge in [-0.25, -0.2) is 4.68 Å². The highest BCUT2D eigenvalue weighted by molar-refractivity contribution is 5.91. The first kappa shape index (κ1) is 20.8. The minimum Gasteiger partial charge on any atom is -0.266 e. The van der Waals surface area contributed by atoms with Crippen LogP contribution in [0.4, 0.5) is 48.3 Å². The Labute approximate surface area is 128 Å². The van der Waals surface area contributed by atoms with Crippen LogP contribution in [0.5, 0.6) is 0 Å². The summed E-state index contributed by atoms with van der Waals surface area (Å²) < 4.78 is 140. The third-order valence-electron chi connectivity index (χ3n) is 2.30. The van der Waals surface area contributed by atoms with E-state index in [0.717, 1.165) is 5.43 Å². The monoisotopic (exact) mass is 396 g/mol. The molecular weight excluding hydrogens is 393 g/mol. The molecule has 1 aromatic heterocycles. The van der Waals surface area contributed by atoms with Crippen molar-refractivity contribution >= 4 is 5.91 Å². The molecule has 1 aromatic rings. The summed E-state index contributed by atoms with van der Waals surface area (Å²) in [6.45, 7) is 0. The van der Waals surface area contributed by atoms with Gasteiger partial charge in [0.2, 0.25) is 0 Å². The zero-order valence-electron chi connectivity index (χ0n) is 11.0. The van der Waals surface area contributed by atoms with Crippen molar-refractivity contribution in [3.63, 3.8) is 0 Å². The van der Waals surface area contributed by atoms with Crippen molar-refractivity contribution < 1.29 is 57.8 Å².